The summed E-state index contributed by atoms with van der Waals surface area (Å²) in [6.07, 6.45) is 0. The van der Waals surface area contributed by atoms with Crippen LogP contribution in [-0.2, 0) is 18.6 Å². The Morgan fingerprint density at radius 3 is 1.53 bits per heavy atom. The smallest absolute Gasteiger partial charge is 0.274 e. The van der Waals surface area contributed by atoms with Crippen molar-refractivity contribution in [1.29, 1.82) is 0 Å². The van der Waals surface area contributed by atoms with E-state index in [1.54, 1.807) is 0 Å². The van der Waals surface area contributed by atoms with Crippen molar-refractivity contribution in [2.45, 2.75) is 5.53 Å². The molecule has 0 N–H and O–H groups in total. The summed E-state index contributed by atoms with van der Waals surface area (Å²) in [5, 5.41) is 0. The SMILES string of the molecule is COS(=O)(=O)OPC(N(C)C)(N(C)C)N(C)C. The lowest BCUT2D eigenvalue weighted by molar-refractivity contribution is -0.0333. The third-order valence-corrected chi connectivity index (χ3v) is 5.53. The summed E-state index contributed by atoms with van der Waals surface area (Å²) in [4.78, 5) is 5.66. The molecule has 0 aliphatic carbocycles. The van der Waals surface area contributed by atoms with Crippen LogP contribution in [0.2, 0.25) is 0 Å². The highest BCUT2D eigenvalue weighted by atomic mass is 32.3. The minimum absolute atomic E-state index is 0.342. The molecule has 0 rings (SSSR count). The molecule has 0 amide bonds. The van der Waals surface area contributed by atoms with Gasteiger partial charge in [0.25, 0.3) is 0 Å². The van der Waals surface area contributed by atoms with E-state index in [1.807, 2.05) is 57.0 Å². The van der Waals surface area contributed by atoms with Gasteiger partial charge in [-0.3, -0.25) is 18.9 Å². The van der Waals surface area contributed by atoms with Crippen molar-refractivity contribution in [3.05, 3.63) is 0 Å². The first-order chi connectivity index (χ1) is 7.60. The van der Waals surface area contributed by atoms with Gasteiger partial charge in [-0.05, 0) is 42.3 Å². The van der Waals surface area contributed by atoms with E-state index in [2.05, 4.69) is 4.18 Å². The van der Waals surface area contributed by atoms with Gasteiger partial charge in [-0.25, -0.2) is 3.97 Å². The second-order valence-corrected chi connectivity index (χ2v) is 6.77. The van der Waals surface area contributed by atoms with Gasteiger partial charge in [0.05, 0.1) is 15.9 Å². The molecule has 1 atom stereocenters. The molecular weight excluding hydrogens is 265 g/mol. The molecule has 0 radical (unpaired) electrons. The monoisotopic (exact) mass is 287 g/mol. The van der Waals surface area contributed by atoms with Crippen LogP contribution in [0.5, 0.6) is 0 Å². The largest absolute Gasteiger partial charge is 0.402 e. The van der Waals surface area contributed by atoms with Crippen LogP contribution in [0.1, 0.15) is 0 Å². The zero-order valence-corrected chi connectivity index (χ0v) is 13.2. The lowest BCUT2D eigenvalue weighted by atomic mass is 10.5. The maximum Gasteiger partial charge on any atom is 0.402 e. The molecule has 104 valence electrons. The normalized spacial score (nSPS) is 14.7. The minimum Gasteiger partial charge on any atom is -0.274 e. The molecule has 0 saturated heterocycles. The van der Waals surface area contributed by atoms with E-state index >= 15 is 0 Å². The van der Waals surface area contributed by atoms with Crippen molar-refractivity contribution < 1.29 is 16.6 Å². The third kappa shape index (κ3) is 4.10. The predicted octanol–water partition coefficient (Wildman–Crippen LogP) is -0.216. The number of hydrogen-bond donors (Lipinski definition) is 0. The predicted molar refractivity (Wildman–Crippen MR) is 69.1 cm³/mol. The Balaban J connectivity index is 5.08. The summed E-state index contributed by atoms with van der Waals surface area (Å²) >= 11 is 0. The van der Waals surface area contributed by atoms with E-state index < -0.39 is 15.9 Å². The average Bonchev–Trinajstić information content (AvgIpc) is 2.16. The first-order valence-corrected chi connectivity index (χ1v) is 7.12. The second-order valence-electron chi connectivity index (χ2n) is 4.08. The van der Waals surface area contributed by atoms with Gasteiger partial charge in [0.2, 0.25) is 0 Å². The Morgan fingerprint density at radius 2 is 1.29 bits per heavy atom. The van der Waals surface area contributed by atoms with Gasteiger partial charge in [-0.1, -0.05) is 0 Å². The number of nitrogens with zero attached hydrogens (tertiary/aromatic N) is 3. The fourth-order valence-corrected chi connectivity index (χ4v) is 3.29. The van der Waals surface area contributed by atoms with Crippen LogP contribution in [0.4, 0.5) is 0 Å². The first kappa shape index (κ1) is 17.2. The van der Waals surface area contributed by atoms with Gasteiger partial charge in [0, 0.05) is 0 Å². The van der Waals surface area contributed by atoms with Crippen molar-refractivity contribution in [2.24, 2.45) is 0 Å². The van der Waals surface area contributed by atoms with E-state index in [-0.39, 0.29) is 8.81 Å². The Labute approximate surface area is 106 Å². The van der Waals surface area contributed by atoms with Crippen molar-refractivity contribution in [3.8, 4) is 0 Å². The molecule has 0 saturated carbocycles. The zero-order valence-electron chi connectivity index (χ0n) is 11.4. The summed E-state index contributed by atoms with van der Waals surface area (Å²) in [6.45, 7) is 0. The molecule has 0 aliphatic rings. The lowest BCUT2D eigenvalue weighted by Gasteiger charge is -2.48. The fourth-order valence-electron chi connectivity index (χ4n) is 1.61. The van der Waals surface area contributed by atoms with Crippen LogP contribution in [0.15, 0.2) is 0 Å². The summed E-state index contributed by atoms with van der Waals surface area (Å²) in [5.41, 5.74) is -0.647. The van der Waals surface area contributed by atoms with Crippen LogP contribution in [0.3, 0.4) is 0 Å². The van der Waals surface area contributed by atoms with Gasteiger partial charge in [0.15, 0.2) is 5.53 Å². The molecule has 1 unspecified atom stereocenters. The molecule has 0 heterocycles. The molecule has 0 spiro atoms. The number of rotatable bonds is 7. The number of hydrogen-bond acceptors (Lipinski definition) is 7. The molecule has 17 heavy (non-hydrogen) atoms. The maximum absolute atomic E-state index is 11.2. The molecule has 0 bridgehead atoms. The van der Waals surface area contributed by atoms with Gasteiger partial charge < -0.3 is 0 Å². The molecule has 0 aliphatic heterocycles. The lowest BCUT2D eigenvalue weighted by Crippen LogP contribution is -2.60. The molecule has 0 aromatic carbocycles. The van der Waals surface area contributed by atoms with E-state index in [1.165, 1.54) is 0 Å². The maximum atomic E-state index is 11.2. The molecule has 9 heteroatoms. The zero-order chi connectivity index (χ0) is 13.9. The van der Waals surface area contributed by atoms with Crippen LogP contribution in [0, 0.1) is 0 Å². The van der Waals surface area contributed by atoms with Gasteiger partial charge in [0.1, 0.15) is 0 Å². The standard InChI is InChI=1S/C8H22N3O4PS/c1-9(2)8(10(3)4,11(5)6)16-15-17(12,13)14-7/h16H,1-7H3. The summed E-state index contributed by atoms with van der Waals surface area (Å²) in [5.74, 6) is 0. The van der Waals surface area contributed by atoms with Crippen LogP contribution < -0.4 is 0 Å². The minimum atomic E-state index is -3.92. The van der Waals surface area contributed by atoms with Gasteiger partial charge in [-0.2, -0.15) is 8.42 Å². The fraction of sp³-hybridized carbons (Fsp3) is 1.00. The molecule has 7 nitrogen and oxygen atoms in total. The van der Waals surface area contributed by atoms with E-state index in [9.17, 15) is 8.42 Å². The van der Waals surface area contributed by atoms with Crippen LogP contribution in [0.25, 0.3) is 0 Å². The molecular formula is C8H22N3O4PS. The van der Waals surface area contributed by atoms with Crippen molar-refractivity contribution >= 4 is 19.2 Å². The highest BCUT2D eigenvalue weighted by Gasteiger charge is 2.40. The Bertz CT molecular complexity index is 310. The van der Waals surface area contributed by atoms with Crippen molar-refractivity contribution in [2.75, 3.05) is 49.4 Å². The summed E-state index contributed by atoms with van der Waals surface area (Å²) in [6, 6.07) is 0. The van der Waals surface area contributed by atoms with Crippen molar-refractivity contribution in [1.82, 2.24) is 14.7 Å². The average molecular weight is 287 g/mol. The van der Waals surface area contributed by atoms with Gasteiger partial charge in [-0.15, -0.1) is 0 Å². The van der Waals surface area contributed by atoms with Crippen molar-refractivity contribution in [3.63, 3.8) is 0 Å². The molecule has 0 aromatic heterocycles. The highest BCUT2D eigenvalue weighted by molar-refractivity contribution is 7.85. The quantitative estimate of drug-likeness (QED) is 0.474. The van der Waals surface area contributed by atoms with E-state index in [0.29, 0.717) is 0 Å². The molecule has 0 fully saturated rings. The van der Waals surface area contributed by atoms with Gasteiger partial charge >= 0.3 is 10.4 Å². The topological polar surface area (TPSA) is 62.3 Å². The summed E-state index contributed by atoms with van der Waals surface area (Å²) in [7, 11) is 7.95. The first-order valence-electron chi connectivity index (χ1n) is 4.88. The highest BCUT2D eigenvalue weighted by Crippen LogP contribution is 2.39. The molecule has 0 aromatic rings. The van der Waals surface area contributed by atoms with Crippen LogP contribution >= 0.6 is 8.81 Å². The van der Waals surface area contributed by atoms with E-state index in [0.717, 1.165) is 7.11 Å². The summed E-state index contributed by atoms with van der Waals surface area (Å²) < 4.78 is 31.6. The second kappa shape index (κ2) is 6.38. The third-order valence-electron chi connectivity index (χ3n) is 2.36. The van der Waals surface area contributed by atoms with E-state index in [4.69, 9.17) is 3.97 Å². The van der Waals surface area contributed by atoms with Crippen LogP contribution in [-0.4, -0.2) is 78.0 Å². The Morgan fingerprint density at radius 1 is 0.941 bits per heavy atom. The Hall–Kier alpha value is 0.180. The Kier molecular flexibility index (Phi) is 6.44.